The lowest BCUT2D eigenvalue weighted by atomic mass is 10.2. The van der Waals surface area contributed by atoms with Crippen molar-refractivity contribution >= 4 is 17.3 Å². The third-order valence-corrected chi connectivity index (χ3v) is 3.09. The van der Waals surface area contributed by atoms with Gasteiger partial charge in [-0.3, -0.25) is 0 Å². The maximum Gasteiger partial charge on any atom is 0.264 e. The average Bonchev–Trinajstić information content (AvgIpc) is 2.96. The van der Waals surface area contributed by atoms with Gasteiger partial charge in [-0.15, -0.1) is 0 Å². The van der Waals surface area contributed by atoms with E-state index in [2.05, 4.69) is 10.1 Å². The monoisotopic (exact) mass is 301 g/mol. The van der Waals surface area contributed by atoms with E-state index < -0.39 is 0 Å². The minimum Gasteiger partial charge on any atom is -0.482 e. The molecule has 0 aliphatic rings. The molecule has 0 saturated carbocycles. The van der Waals surface area contributed by atoms with Gasteiger partial charge in [0.1, 0.15) is 5.75 Å². The highest BCUT2D eigenvalue weighted by atomic mass is 35.5. The smallest absolute Gasteiger partial charge is 0.264 e. The molecule has 1 heterocycles. The zero-order valence-electron chi connectivity index (χ0n) is 11.0. The number of rotatable bonds is 4. The Hall–Kier alpha value is -2.53. The molecule has 2 aromatic carbocycles. The SMILES string of the molecule is Nc1ccccc1OCc1nc(-c2ccc(Cl)cc2)no1. The fraction of sp³-hybridized carbons (Fsp3) is 0.0667. The molecule has 6 heteroatoms. The van der Waals surface area contributed by atoms with Gasteiger partial charge in [-0.25, -0.2) is 0 Å². The maximum absolute atomic E-state index is 5.84. The van der Waals surface area contributed by atoms with Crippen molar-refractivity contribution in [2.75, 3.05) is 5.73 Å². The van der Waals surface area contributed by atoms with Crippen LogP contribution in [0.15, 0.2) is 53.1 Å². The molecule has 0 amide bonds. The number of para-hydroxylation sites is 2. The predicted octanol–water partition coefficient (Wildman–Crippen LogP) is 3.55. The molecule has 2 N–H and O–H groups in total. The van der Waals surface area contributed by atoms with Crippen LogP contribution in [0.1, 0.15) is 5.89 Å². The van der Waals surface area contributed by atoms with Gasteiger partial charge in [-0.05, 0) is 36.4 Å². The molecule has 0 saturated heterocycles. The number of aromatic nitrogens is 2. The largest absolute Gasteiger partial charge is 0.482 e. The van der Waals surface area contributed by atoms with Crippen molar-refractivity contribution < 1.29 is 9.26 Å². The molecule has 21 heavy (non-hydrogen) atoms. The van der Waals surface area contributed by atoms with Gasteiger partial charge in [0, 0.05) is 10.6 Å². The van der Waals surface area contributed by atoms with Crippen LogP contribution < -0.4 is 10.5 Å². The van der Waals surface area contributed by atoms with E-state index >= 15 is 0 Å². The highest BCUT2D eigenvalue weighted by molar-refractivity contribution is 6.30. The third kappa shape index (κ3) is 3.14. The molecule has 106 valence electrons. The molecule has 0 aliphatic heterocycles. The lowest BCUT2D eigenvalue weighted by molar-refractivity contribution is 0.244. The zero-order valence-corrected chi connectivity index (χ0v) is 11.7. The number of anilines is 1. The quantitative estimate of drug-likeness (QED) is 0.746. The molecular weight excluding hydrogens is 290 g/mol. The Balaban J connectivity index is 1.71. The first-order chi connectivity index (χ1) is 10.2. The van der Waals surface area contributed by atoms with E-state index in [0.29, 0.717) is 28.2 Å². The highest BCUT2D eigenvalue weighted by Gasteiger charge is 2.09. The molecule has 3 rings (SSSR count). The second-order valence-electron chi connectivity index (χ2n) is 4.35. The number of nitrogens with zero attached hydrogens (tertiary/aromatic N) is 2. The summed E-state index contributed by atoms with van der Waals surface area (Å²) in [6.45, 7) is 0.162. The first-order valence-corrected chi connectivity index (χ1v) is 6.66. The van der Waals surface area contributed by atoms with Crippen molar-refractivity contribution in [2.45, 2.75) is 6.61 Å². The Kier molecular flexibility index (Phi) is 3.75. The van der Waals surface area contributed by atoms with Crippen molar-refractivity contribution in [3.63, 3.8) is 0 Å². The minimum absolute atomic E-state index is 0.162. The van der Waals surface area contributed by atoms with Gasteiger partial charge in [0.05, 0.1) is 5.69 Å². The van der Waals surface area contributed by atoms with Crippen molar-refractivity contribution in [3.05, 3.63) is 59.4 Å². The van der Waals surface area contributed by atoms with E-state index in [1.165, 1.54) is 0 Å². The maximum atomic E-state index is 5.84. The van der Waals surface area contributed by atoms with E-state index in [0.717, 1.165) is 5.56 Å². The van der Waals surface area contributed by atoms with Crippen molar-refractivity contribution in [1.82, 2.24) is 10.1 Å². The number of ether oxygens (including phenoxy) is 1. The summed E-state index contributed by atoms with van der Waals surface area (Å²) in [6.07, 6.45) is 0. The Bertz CT molecular complexity index is 741. The number of hydrogen-bond donors (Lipinski definition) is 1. The van der Waals surface area contributed by atoms with E-state index in [4.69, 9.17) is 26.6 Å². The Morgan fingerprint density at radius 1 is 1.10 bits per heavy atom. The molecule has 0 unspecified atom stereocenters. The summed E-state index contributed by atoms with van der Waals surface area (Å²) >= 11 is 5.84. The molecule has 1 aromatic heterocycles. The molecule has 3 aromatic rings. The van der Waals surface area contributed by atoms with Gasteiger partial charge in [-0.1, -0.05) is 28.9 Å². The van der Waals surface area contributed by atoms with Crippen molar-refractivity contribution in [2.24, 2.45) is 0 Å². The number of benzene rings is 2. The summed E-state index contributed by atoms with van der Waals surface area (Å²) < 4.78 is 10.7. The minimum atomic E-state index is 0.162. The molecule has 0 bridgehead atoms. The van der Waals surface area contributed by atoms with E-state index in [1.54, 1.807) is 24.3 Å². The number of hydrogen-bond acceptors (Lipinski definition) is 5. The fourth-order valence-electron chi connectivity index (χ4n) is 1.78. The summed E-state index contributed by atoms with van der Waals surface area (Å²) in [7, 11) is 0. The molecule has 0 radical (unpaired) electrons. The van der Waals surface area contributed by atoms with E-state index in [1.807, 2.05) is 24.3 Å². The van der Waals surface area contributed by atoms with Crippen LogP contribution in [0.3, 0.4) is 0 Å². The van der Waals surface area contributed by atoms with Gasteiger partial charge in [0.2, 0.25) is 5.82 Å². The normalized spacial score (nSPS) is 10.5. The third-order valence-electron chi connectivity index (χ3n) is 2.84. The van der Waals surface area contributed by atoms with Crippen LogP contribution in [0, 0.1) is 0 Å². The topological polar surface area (TPSA) is 74.2 Å². The lowest BCUT2D eigenvalue weighted by Crippen LogP contribution is -1.98. The van der Waals surface area contributed by atoms with Gasteiger partial charge in [0.15, 0.2) is 6.61 Å². The summed E-state index contributed by atoms with van der Waals surface area (Å²) in [5.74, 6) is 1.46. The van der Waals surface area contributed by atoms with Gasteiger partial charge in [0.25, 0.3) is 5.89 Å². The summed E-state index contributed by atoms with van der Waals surface area (Å²) in [5.41, 5.74) is 7.18. The van der Waals surface area contributed by atoms with Crippen LogP contribution >= 0.6 is 11.6 Å². The first-order valence-electron chi connectivity index (χ1n) is 6.28. The zero-order chi connectivity index (χ0) is 14.7. The first kappa shape index (κ1) is 13.5. The lowest BCUT2D eigenvalue weighted by Gasteiger charge is -2.05. The second kappa shape index (κ2) is 5.85. The van der Waals surface area contributed by atoms with E-state index in [-0.39, 0.29) is 6.61 Å². The molecule has 0 aliphatic carbocycles. The van der Waals surface area contributed by atoms with Crippen LogP contribution in [0.4, 0.5) is 5.69 Å². The number of nitrogens with two attached hydrogens (primary N) is 1. The van der Waals surface area contributed by atoms with Crippen LogP contribution in [-0.2, 0) is 6.61 Å². The van der Waals surface area contributed by atoms with Crippen molar-refractivity contribution in [3.8, 4) is 17.1 Å². The summed E-state index contributed by atoms with van der Waals surface area (Å²) in [4.78, 5) is 4.27. The average molecular weight is 302 g/mol. The van der Waals surface area contributed by atoms with Crippen LogP contribution in [0.2, 0.25) is 5.02 Å². The molecule has 0 fully saturated rings. The summed E-state index contributed by atoms with van der Waals surface area (Å²) in [5, 5.41) is 4.57. The van der Waals surface area contributed by atoms with E-state index in [9.17, 15) is 0 Å². The molecule has 0 atom stereocenters. The second-order valence-corrected chi connectivity index (χ2v) is 4.78. The van der Waals surface area contributed by atoms with Crippen molar-refractivity contribution in [1.29, 1.82) is 0 Å². The molecule has 5 nitrogen and oxygen atoms in total. The Labute approximate surface area is 126 Å². The van der Waals surface area contributed by atoms with Crippen LogP contribution in [0.25, 0.3) is 11.4 Å². The van der Waals surface area contributed by atoms with Gasteiger partial charge >= 0.3 is 0 Å². The highest BCUT2D eigenvalue weighted by Crippen LogP contribution is 2.22. The molecule has 0 spiro atoms. The fourth-order valence-corrected chi connectivity index (χ4v) is 1.91. The number of halogens is 1. The van der Waals surface area contributed by atoms with Crippen LogP contribution in [0.5, 0.6) is 5.75 Å². The predicted molar refractivity (Wildman–Crippen MR) is 79.9 cm³/mol. The van der Waals surface area contributed by atoms with Gasteiger partial charge in [-0.2, -0.15) is 4.98 Å². The Morgan fingerprint density at radius 3 is 2.62 bits per heavy atom. The standard InChI is InChI=1S/C15H12ClN3O2/c16-11-7-5-10(6-8-11)15-18-14(21-19-15)9-20-13-4-2-1-3-12(13)17/h1-8H,9,17H2. The van der Waals surface area contributed by atoms with Crippen LogP contribution in [-0.4, -0.2) is 10.1 Å². The summed E-state index contributed by atoms with van der Waals surface area (Å²) in [6, 6.07) is 14.4. The van der Waals surface area contributed by atoms with Gasteiger partial charge < -0.3 is 15.0 Å². The number of nitrogen functional groups attached to an aromatic ring is 1. The molecular formula is C15H12ClN3O2. The Morgan fingerprint density at radius 2 is 1.86 bits per heavy atom.